The quantitative estimate of drug-likeness (QED) is 0.710. The Bertz CT molecular complexity index is 757. The molecule has 0 unspecified atom stereocenters. The molecule has 2 aromatic rings. The van der Waals surface area contributed by atoms with Crippen molar-refractivity contribution in [1.82, 2.24) is 10.2 Å². The summed E-state index contributed by atoms with van der Waals surface area (Å²) in [5, 5.41) is 12.6. The van der Waals surface area contributed by atoms with E-state index in [0.717, 1.165) is 37.2 Å². The number of ether oxygens (including phenoxy) is 1. The van der Waals surface area contributed by atoms with Crippen molar-refractivity contribution < 1.29 is 14.6 Å². The van der Waals surface area contributed by atoms with E-state index in [1.165, 1.54) is 11.1 Å². The number of aliphatic carboxylic acids is 1. The number of rotatable bonds is 9. The summed E-state index contributed by atoms with van der Waals surface area (Å²) in [4.78, 5) is 13.0. The second kappa shape index (κ2) is 9.02. The zero-order valence-electron chi connectivity index (χ0n) is 16.0. The number of hydrogen-bond acceptors (Lipinski definition) is 4. The summed E-state index contributed by atoms with van der Waals surface area (Å²) >= 11 is 0. The summed E-state index contributed by atoms with van der Waals surface area (Å²) in [6, 6.07) is 17.4. The minimum atomic E-state index is -0.754. The fourth-order valence-corrected chi connectivity index (χ4v) is 3.71. The van der Waals surface area contributed by atoms with Crippen LogP contribution in [0.15, 0.2) is 48.5 Å². The van der Waals surface area contributed by atoms with Crippen LogP contribution in [0.25, 0.3) is 11.1 Å². The lowest BCUT2D eigenvalue weighted by Gasteiger charge is -2.42. The van der Waals surface area contributed by atoms with Crippen LogP contribution in [0.5, 0.6) is 5.75 Å². The fourth-order valence-electron chi connectivity index (χ4n) is 3.71. The number of methoxy groups -OCH3 is 1. The third-order valence-corrected chi connectivity index (χ3v) is 5.34. The number of nitrogens with zero attached hydrogens (tertiary/aromatic N) is 1. The van der Waals surface area contributed by atoms with E-state index < -0.39 is 5.97 Å². The minimum absolute atomic E-state index is 0.126. The normalized spacial score (nSPS) is 18.9. The van der Waals surface area contributed by atoms with Crippen LogP contribution in [0.1, 0.15) is 25.3 Å². The third-order valence-electron chi connectivity index (χ3n) is 5.34. The van der Waals surface area contributed by atoms with E-state index in [1.54, 1.807) is 7.11 Å². The molecule has 0 radical (unpaired) electrons. The highest BCUT2D eigenvalue weighted by Crippen LogP contribution is 2.29. The zero-order chi connectivity index (χ0) is 19.2. The highest BCUT2D eigenvalue weighted by Gasteiger charge is 2.33. The van der Waals surface area contributed by atoms with E-state index in [-0.39, 0.29) is 6.54 Å². The Morgan fingerprint density at radius 3 is 2.56 bits per heavy atom. The van der Waals surface area contributed by atoms with Crippen molar-refractivity contribution in [3.05, 3.63) is 54.1 Å². The first kappa shape index (κ1) is 19.4. The maximum absolute atomic E-state index is 11.0. The molecule has 0 aromatic heterocycles. The standard InChI is InChI=1S/C22H28N2O3/c1-3-24(15-22(25)26)20-12-19(13-20)23-14-18-11-17(9-10-21(18)27-2)16-7-5-4-6-8-16/h4-11,19-20,23H,3,12-15H2,1-2H3,(H,25,26). The Morgan fingerprint density at radius 2 is 1.93 bits per heavy atom. The molecular weight excluding hydrogens is 340 g/mol. The predicted molar refractivity (Wildman–Crippen MR) is 107 cm³/mol. The van der Waals surface area contributed by atoms with E-state index >= 15 is 0 Å². The smallest absolute Gasteiger partial charge is 0.317 e. The number of carboxylic acid groups (broad SMARTS) is 1. The zero-order valence-corrected chi connectivity index (χ0v) is 16.0. The molecule has 2 aromatic carbocycles. The first-order valence-electron chi connectivity index (χ1n) is 9.52. The number of likely N-dealkylation sites (N-methyl/N-ethyl adjacent to an activating group) is 1. The van der Waals surface area contributed by atoms with Gasteiger partial charge in [-0.1, -0.05) is 43.3 Å². The van der Waals surface area contributed by atoms with Crippen LogP contribution in [0.2, 0.25) is 0 Å². The summed E-state index contributed by atoms with van der Waals surface area (Å²) in [6.07, 6.45) is 1.98. The number of nitrogens with one attached hydrogen (secondary N) is 1. The molecule has 144 valence electrons. The second-order valence-electron chi connectivity index (χ2n) is 7.05. The highest BCUT2D eigenvalue weighted by molar-refractivity contribution is 5.69. The van der Waals surface area contributed by atoms with Gasteiger partial charge in [-0.3, -0.25) is 9.69 Å². The lowest BCUT2D eigenvalue weighted by Crippen LogP contribution is -2.53. The number of benzene rings is 2. The van der Waals surface area contributed by atoms with Crippen LogP contribution in [0, 0.1) is 0 Å². The molecule has 3 rings (SSSR count). The van der Waals surface area contributed by atoms with E-state index in [4.69, 9.17) is 9.84 Å². The van der Waals surface area contributed by atoms with Gasteiger partial charge in [0, 0.05) is 24.2 Å². The van der Waals surface area contributed by atoms with Crippen molar-refractivity contribution in [2.24, 2.45) is 0 Å². The maximum Gasteiger partial charge on any atom is 0.317 e. The topological polar surface area (TPSA) is 61.8 Å². The van der Waals surface area contributed by atoms with Crippen LogP contribution in [0.4, 0.5) is 0 Å². The molecule has 5 heteroatoms. The molecule has 5 nitrogen and oxygen atoms in total. The number of carboxylic acids is 1. The SMILES string of the molecule is CCN(CC(=O)O)C1CC(NCc2cc(-c3ccccc3)ccc2OC)C1. The van der Waals surface area contributed by atoms with Crippen LogP contribution in [-0.4, -0.2) is 48.3 Å². The van der Waals surface area contributed by atoms with Gasteiger partial charge in [-0.15, -0.1) is 0 Å². The molecule has 0 amide bonds. The molecule has 0 heterocycles. The monoisotopic (exact) mass is 368 g/mol. The second-order valence-corrected chi connectivity index (χ2v) is 7.05. The van der Waals surface area contributed by atoms with Gasteiger partial charge in [0.25, 0.3) is 0 Å². The fraction of sp³-hybridized carbons (Fsp3) is 0.409. The molecule has 2 N–H and O–H groups in total. The van der Waals surface area contributed by atoms with Crippen LogP contribution in [0.3, 0.4) is 0 Å². The largest absolute Gasteiger partial charge is 0.496 e. The molecule has 0 aliphatic heterocycles. The molecular formula is C22H28N2O3. The third kappa shape index (κ3) is 4.87. The van der Waals surface area contributed by atoms with Gasteiger partial charge in [0.1, 0.15) is 5.75 Å². The maximum atomic E-state index is 11.0. The van der Waals surface area contributed by atoms with E-state index in [2.05, 4.69) is 29.6 Å². The molecule has 1 fully saturated rings. The molecule has 0 bridgehead atoms. The van der Waals surface area contributed by atoms with Crippen LogP contribution < -0.4 is 10.1 Å². The van der Waals surface area contributed by atoms with E-state index in [9.17, 15) is 4.79 Å². The summed E-state index contributed by atoms with van der Waals surface area (Å²) in [5.74, 6) is 0.134. The van der Waals surface area contributed by atoms with Gasteiger partial charge in [0.15, 0.2) is 0 Å². The van der Waals surface area contributed by atoms with Crippen molar-refractivity contribution in [3.63, 3.8) is 0 Å². The summed E-state index contributed by atoms with van der Waals surface area (Å²) in [6.45, 7) is 3.66. The van der Waals surface area contributed by atoms with Gasteiger partial charge in [0.2, 0.25) is 0 Å². The minimum Gasteiger partial charge on any atom is -0.496 e. The average Bonchev–Trinajstić information content (AvgIpc) is 2.66. The number of hydrogen-bond donors (Lipinski definition) is 2. The van der Waals surface area contributed by atoms with Crippen molar-refractivity contribution in [3.8, 4) is 16.9 Å². The van der Waals surface area contributed by atoms with Gasteiger partial charge in [-0.2, -0.15) is 0 Å². The van der Waals surface area contributed by atoms with Gasteiger partial charge in [-0.25, -0.2) is 0 Å². The Morgan fingerprint density at radius 1 is 1.19 bits per heavy atom. The lowest BCUT2D eigenvalue weighted by atomic mass is 9.85. The van der Waals surface area contributed by atoms with Crippen molar-refractivity contribution in [1.29, 1.82) is 0 Å². The van der Waals surface area contributed by atoms with E-state index in [1.807, 2.05) is 36.1 Å². The molecule has 1 saturated carbocycles. The van der Waals surface area contributed by atoms with E-state index in [0.29, 0.717) is 12.1 Å². The first-order chi connectivity index (χ1) is 13.1. The van der Waals surface area contributed by atoms with Crippen molar-refractivity contribution >= 4 is 5.97 Å². The van der Waals surface area contributed by atoms with Gasteiger partial charge in [0.05, 0.1) is 13.7 Å². The van der Waals surface area contributed by atoms with Crippen molar-refractivity contribution in [2.75, 3.05) is 20.2 Å². The van der Waals surface area contributed by atoms with Crippen LogP contribution >= 0.6 is 0 Å². The van der Waals surface area contributed by atoms with Crippen molar-refractivity contribution in [2.45, 2.75) is 38.4 Å². The number of carbonyl (C=O) groups is 1. The molecule has 0 atom stereocenters. The highest BCUT2D eigenvalue weighted by atomic mass is 16.5. The summed E-state index contributed by atoms with van der Waals surface area (Å²) < 4.78 is 5.53. The lowest BCUT2D eigenvalue weighted by molar-refractivity contribution is -0.139. The molecule has 1 aliphatic rings. The predicted octanol–water partition coefficient (Wildman–Crippen LogP) is 3.39. The Balaban J connectivity index is 1.59. The van der Waals surface area contributed by atoms with Gasteiger partial charge in [-0.05, 0) is 42.6 Å². The summed E-state index contributed by atoms with van der Waals surface area (Å²) in [5.41, 5.74) is 3.51. The van der Waals surface area contributed by atoms with Crippen LogP contribution in [-0.2, 0) is 11.3 Å². The first-order valence-corrected chi connectivity index (χ1v) is 9.52. The van der Waals surface area contributed by atoms with Gasteiger partial charge < -0.3 is 15.2 Å². The molecule has 27 heavy (non-hydrogen) atoms. The Hall–Kier alpha value is -2.37. The molecule has 1 aliphatic carbocycles. The summed E-state index contributed by atoms with van der Waals surface area (Å²) in [7, 11) is 1.70. The average molecular weight is 368 g/mol. The van der Waals surface area contributed by atoms with Gasteiger partial charge >= 0.3 is 5.97 Å². The molecule has 0 spiro atoms. The molecule has 0 saturated heterocycles. The Kier molecular flexibility index (Phi) is 6.48. The Labute approximate surface area is 161 Å².